The third-order valence-electron chi connectivity index (χ3n) is 5.44. The van der Waals surface area contributed by atoms with Gasteiger partial charge in [0, 0.05) is 24.1 Å². The predicted molar refractivity (Wildman–Crippen MR) is 141 cm³/mol. The van der Waals surface area contributed by atoms with E-state index in [0.717, 1.165) is 11.8 Å². The average Bonchev–Trinajstić information content (AvgIpc) is 3.26. The second kappa shape index (κ2) is 10.3. The van der Waals surface area contributed by atoms with Crippen molar-refractivity contribution in [2.75, 3.05) is 11.6 Å². The number of rotatable bonds is 8. The minimum Gasteiger partial charge on any atom is -0.326 e. The van der Waals surface area contributed by atoms with Gasteiger partial charge in [-0.25, -0.2) is 26.7 Å². The van der Waals surface area contributed by atoms with Crippen LogP contribution >= 0.6 is 0 Å². The molecule has 10 nitrogen and oxygen atoms in total. The van der Waals surface area contributed by atoms with E-state index in [4.69, 9.17) is 10.9 Å². The number of benzene rings is 3. The Morgan fingerprint density at radius 3 is 2.30 bits per heavy atom. The lowest BCUT2D eigenvalue weighted by atomic mass is 10.1. The van der Waals surface area contributed by atoms with Gasteiger partial charge in [0.15, 0.2) is 9.84 Å². The van der Waals surface area contributed by atoms with E-state index in [2.05, 4.69) is 10.4 Å². The van der Waals surface area contributed by atoms with Gasteiger partial charge in [0.05, 0.1) is 22.0 Å². The first kappa shape index (κ1) is 26.2. The fourth-order valence-electron chi connectivity index (χ4n) is 3.82. The standard InChI is InChI=1S/C25H25N5O5S2/c1-36(32,33)16-20-14-23(30(29-20)21-6-4-5-17(13-21)15-26)25(31)28-19-11-9-18(10-12-19)22-7-2-3-8-24(22)37(27,34)35/h2-14H,15-16,26H2,1H3,(H,28,31)(H2,27,34,35). The topological polar surface area (TPSA) is 167 Å². The van der Waals surface area contributed by atoms with Gasteiger partial charge in [-0.3, -0.25) is 4.79 Å². The molecule has 192 valence electrons. The number of anilines is 1. The van der Waals surface area contributed by atoms with E-state index in [1.54, 1.807) is 60.7 Å². The Bertz CT molecular complexity index is 1680. The van der Waals surface area contributed by atoms with Crippen molar-refractivity contribution in [2.45, 2.75) is 17.2 Å². The minimum atomic E-state index is -3.92. The quantitative estimate of drug-likeness (QED) is 0.309. The summed E-state index contributed by atoms with van der Waals surface area (Å²) in [4.78, 5) is 13.2. The Kier molecular flexibility index (Phi) is 7.28. The average molecular weight is 540 g/mol. The number of sulfone groups is 1. The molecule has 0 aliphatic carbocycles. The van der Waals surface area contributed by atoms with Crippen LogP contribution in [0.15, 0.2) is 83.8 Å². The second-order valence-electron chi connectivity index (χ2n) is 8.45. The van der Waals surface area contributed by atoms with Gasteiger partial charge in [-0.2, -0.15) is 5.10 Å². The molecule has 0 aliphatic rings. The van der Waals surface area contributed by atoms with Crippen LogP contribution in [-0.4, -0.2) is 38.8 Å². The fourth-order valence-corrected chi connectivity index (χ4v) is 5.26. The van der Waals surface area contributed by atoms with Gasteiger partial charge >= 0.3 is 0 Å². The third-order valence-corrected chi connectivity index (χ3v) is 7.23. The lowest BCUT2D eigenvalue weighted by molar-refractivity contribution is 0.101. The number of nitrogens with two attached hydrogens (primary N) is 2. The molecule has 12 heteroatoms. The van der Waals surface area contributed by atoms with Crippen molar-refractivity contribution in [3.63, 3.8) is 0 Å². The minimum absolute atomic E-state index is 0.00574. The van der Waals surface area contributed by atoms with Crippen molar-refractivity contribution < 1.29 is 21.6 Å². The number of carbonyl (C=O) groups is 1. The number of nitrogens with zero attached hydrogens (tertiary/aromatic N) is 2. The summed E-state index contributed by atoms with van der Waals surface area (Å²) < 4.78 is 48.9. The van der Waals surface area contributed by atoms with E-state index >= 15 is 0 Å². The molecule has 0 unspecified atom stereocenters. The molecule has 4 aromatic rings. The highest BCUT2D eigenvalue weighted by Gasteiger charge is 2.20. The molecule has 1 aromatic heterocycles. The number of nitrogens with one attached hydrogen (secondary N) is 1. The SMILES string of the molecule is CS(=O)(=O)Cc1cc(C(=O)Nc2ccc(-c3ccccc3S(N)(=O)=O)cc2)n(-c2cccc(CN)c2)n1. The molecule has 0 radical (unpaired) electrons. The molecular weight excluding hydrogens is 514 g/mol. The maximum atomic E-state index is 13.2. The lowest BCUT2D eigenvalue weighted by Gasteiger charge is -2.11. The Morgan fingerprint density at radius 1 is 0.946 bits per heavy atom. The molecule has 37 heavy (non-hydrogen) atoms. The van der Waals surface area contributed by atoms with Crippen LogP contribution in [0.2, 0.25) is 0 Å². The maximum Gasteiger partial charge on any atom is 0.274 e. The zero-order valence-corrected chi connectivity index (χ0v) is 21.5. The molecule has 0 aliphatic heterocycles. The molecule has 1 heterocycles. The number of amides is 1. The Labute approximate surface area is 214 Å². The molecule has 0 saturated heterocycles. The summed E-state index contributed by atoms with van der Waals surface area (Å²) in [6, 6.07) is 21.5. The van der Waals surface area contributed by atoms with E-state index < -0.39 is 25.8 Å². The number of carbonyl (C=O) groups excluding carboxylic acids is 1. The van der Waals surface area contributed by atoms with E-state index in [-0.39, 0.29) is 28.6 Å². The van der Waals surface area contributed by atoms with Crippen molar-refractivity contribution in [2.24, 2.45) is 10.9 Å². The molecule has 5 N–H and O–H groups in total. The summed E-state index contributed by atoms with van der Waals surface area (Å²) in [5.74, 6) is -0.835. The molecule has 0 spiro atoms. The molecule has 0 saturated carbocycles. The predicted octanol–water partition coefficient (Wildman–Crippen LogP) is 2.44. The number of primary sulfonamides is 1. The molecule has 0 atom stereocenters. The van der Waals surface area contributed by atoms with Gasteiger partial charge in [-0.1, -0.05) is 42.5 Å². The first-order valence-corrected chi connectivity index (χ1v) is 14.6. The fraction of sp³-hybridized carbons (Fsp3) is 0.120. The van der Waals surface area contributed by atoms with Gasteiger partial charge in [-0.15, -0.1) is 0 Å². The van der Waals surface area contributed by atoms with Gasteiger partial charge in [-0.05, 0) is 47.5 Å². The van der Waals surface area contributed by atoms with Crippen LogP contribution in [-0.2, 0) is 32.2 Å². The summed E-state index contributed by atoms with van der Waals surface area (Å²) in [6.07, 6.45) is 1.09. The van der Waals surface area contributed by atoms with Crippen LogP contribution in [0.1, 0.15) is 21.7 Å². The lowest BCUT2D eigenvalue weighted by Crippen LogP contribution is -2.17. The number of hydrogen-bond acceptors (Lipinski definition) is 7. The largest absolute Gasteiger partial charge is 0.326 e. The maximum absolute atomic E-state index is 13.2. The zero-order valence-electron chi connectivity index (χ0n) is 19.8. The van der Waals surface area contributed by atoms with Gasteiger partial charge in [0.25, 0.3) is 5.91 Å². The first-order valence-electron chi connectivity index (χ1n) is 11.0. The van der Waals surface area contributed by atoms with Crippen LogP contribution in [0.4, 0.5) is 5.69 Å². The van der Waals surface area contributed by atoms with E-state index in [9.17, 15) is 21.6 Å². The van der Waals surface area contributed by atoms with Gasteiger partial charge in [0.2, 0.25) is 10.0 Å². The Hall–Kier alpha value is -3.84. The van der Waals surface area contributed by atoms with Gasteiger partial charge < -0.3 is 11.1 Å². The molecular formula is C25H25N5O5S2. The van der Waals surface area contributed by atoms with E-state index in [0.29, 0.717) is 22.5 Å². The van der Waals surface area contributed by atoms with Crippen molar-refractivity contribution in [1.82, 2.24) is 9.78 Å². The molecule has 1 amide bonds. The monoisotopic (exact) mass is 539 g/mol. The number of sulfonamides is 1. The highest BCUT2D eigenvalue weighted by molar-refractivity contribution is 7.90. The van der Waals surface area contributed by atoms with Crippen LogP contribution in [0.25, 0.3) is 16.8 Å². The smallest absolute Gasteiger partial charge is 0.274 e. The Balaban J connectivity index is 1.66. The number of hydrogen-bond donors (Lipinski definition) is 3. The third kappa shape index (κ3) is 6.30. The van der Waals surface area contributed by atoms with Crippen molar-refractivity contribution in [1.29, 1.82) is 0 Å². The van der Waals surface area contributed by atoms with Crippen LogP contribution in [0, 0.1) is 0 Å². The summed E-state index contributed by atoms with van der Waals surface area (Å²) in [5.41, 5.74) is 8.95. The number of aromatic nitrogens is 2. The summed E-state index contributed by atoms with van der Waals surface area (Å²) in [5, 5.41) is 12.5. The normalized spacial score (nSPS) is 11.9. The summed E-state index contributed by atoms with van der Waals surface area (Å²) in [7, 11) is -7.31. The molecule has 0 bridgehead atoms. The summed E-state index contributed by atoms with van der Waals surface area (Å²) >= 11 is 0. The van der Waals surface area contributed by atoms with Crippen LogP contribution in [0.3, 0.4) is 0 Å². The highest BCUT2D eigenvalue weighted by Crippen LogP contribution is 2.28. The van der Waals surface area contributed by atoms with Gasteiger partial charge in [0.1, 0.15) is 5.69 Å². The van der Waals surface area contributed by atoms with Crippen molar-refractivity contribution >= 4 is 31.5 Å². The zero-order chi connectivity index (χ0) is 26.8. The molecule has 4 rings (SSSR count). The van der Waals surface area contributed by atoms with E-state index in [1.165, 1.54) is 16.8 Å². The molecule has 3 aromatic carbocycles. The van der Waals surface area contributed by atoms with Crippen molar-refractivity contribution in [3.05, 3.63) is 95.8 Å². The summed E-state index contributed by atoms with van der Waals surface area (Å²) in [6.45, 7) is 0.285. The Morgan fingerprint density at radius 2 is 1.65 bits per heavy atom. The second-order valence-corrected chi connectivity index (χ2v) is 12.1. The van der Waals surface area contributed by atoms with Crippen LogP contribution < -0.4 is 16.2 Å². The molecule has 0 fully saturated rings. The first-order chi connectivity index (χ1) is 17.4. The van der Waals surface area contributed by atoms with Crippen molar-refractivity contribution in [3.8, 4) is 16.8 Å². The van der Waals surface area contributed by atoms with Crippen LogP contribution in [0.5, 0.6) is 0 Å². The van der Waals surface area contributed by atoms with E-state index in [1.807, 2.05) is 6.07 Å². The highest BCUT2D eigenvalue weighted by atomic mass is 32.2.